The van der Waals surface area contributed by atoms with Gasteiger partial charge in [-0.1, -0.05) is 18.7 Å². The number of benzene rings is 1. The minimum absolute atomic E-state index is 0.190. The number of carbonyl (C=O) groups excluding carboxylic acids is 1. The predicted octanol–water partition coefficient (Wildman–Crippen LogP) is 2.91. The maximum Gasteiger partial charge on any atom is 0.250 e. The van der Waals surface area contributed by atoms with Crippen LogP contribution in [0.25, 0.3) is 0 Å². The van der Waals surface area contributed by atoms with Crippen LogP contribution in [0.5, 0.6) is 11.5 Å². The zero-order valence-electron chi connectivity index (χ0n) is 14.8. The van der Waals surface area contributed by atoms with Crippen LogP contribution in [0.2, 0.25) is 0 Å². The fourth-order valence-electron chi connectivity index (χ4n) is 1.91. The number of ether oxygens (including phenoxy) is 2. The minimum Gasteiger partial charge on any atom is -0.490 e. The van der Waals surface area contributed by atoms with Gasteiger partial charge in [0.15, 0.2) is 16.7 Å². The molecule has 26 heavy (non-hydrogen) atoms. The average Bonchev–Trinajstić information content (AvgIpc) is 2.67. The van der Waals surface area contributed by atoms with Gasteiger partial charge in [-0.25, -0.2) is 15.4 Å². The summed E-state index contributed by atoms with van der Waals surface area (Å²) < 4.78 is 11.3. The molecule has 1 amide bonds. The van der Waals surface area contributed by atoms with Gasteiger partial charge >= 0.3 is 0 Å². The third kappa shape index (κ3) is 6.72. The molecule has 2 aromatic rings. The molecule has 0 aliphatic heterocycles. The Hall–Kier alpha value is -2.61. The van der Waals surface area contributed by atoms with Crippen molar-refractivity contribution >= 4 is 23.9 Å². The zero-order chi connectivity index (χ0) is 18.6. The molecule has 1 aromatic carbocycles. The number of amides is 1. The summed E-state index contributed by atoms with van der Waals surface area (Å²) in [5.41, 5.74) is 3.29. The third-order valence-corrected chi connectivity index (χ3v) is 3.88. The number of carbonyl (C=O) groups is 1. The molecule has 138 valence electrons. The lowest BCUT2D eigenvalue weighted by Gasteiger charge is -2.11. The van der Waals surface area contributed by atoms with E-state index in [0.717, 1.165) is 12.0 Å². The summed E-state index contributed by atoms with van der Waals surface area (Å²) in [5.74, 6) is 1.32. The Morgan fingerprint density at radius 3 is 2.77 bits per heavy atom. The van der Waals surface area contributed by atoms with E-state index in [9.17, 15) is 4.79 Å². The number of thioether (sulfide) groups is 1. The molecule has 0 saturated carbocycles. The number of hydrazone groups is 1. The van der Waals surface area contributed by atoms with Crippen molar-refractivity contribution in [2.24, 2.45) is 5.10 Å². The highest BCUT2D eigenvalue weighted by molar-refractivity contribution is 7.99. The van der Waals surface area contributed by atoms with Gasteiger partial charge in [0.05, 0.1) is 25.2 Å². The second kappa shape index (κ2) is 11.1. The van der Waals surface area contributed by atoms with E-state index < -0.39 is 0 Å². The first-order valence-electron chi connectivity index (χ1n) is 8.34. The van der Waals surface area contributed by atoms with Crippen LogP contribution in [-0.4, -0.2) is 41.1 Å². The first kappa shape index (κ1) is 19.7. The standard InChI is InChI=1S/C18H22N4O3S/c1-3-10-25-15-7-6-14(11-16(15)24-4-2)12-21-22-17(23)13-26-18-19-8-5-9-20-18/h5-9,11-12H,3-4,10,13H2,1-2H3,(H,22,23)/b21-12-. The molecule has 0 fully saturated rings. The second-order valence-electron chi connectivity index (χ2n) is 5.10. The zero-order valence-corrected chi connectivity index (χ0v) is 15.7. The lowest BCUT2D eigenvalue weighted by atomic mass is 10.2. The summed E-state index contributed by atoms with van der Waals surface area (Å²) in [7, 11) is 0. The highest BCUT2D eigenvalue weighted by Crippen LogP contribution is 2.28. The Bertz CT molecular complexity index is 726. The Morgan fingerprint density at radius 2 is 2.04 bits per heavy atom. The molecule has 1 aromatic heterocycles. The topological polar surface area (TPSA) is 85.7 Å². The fourth-order valence-corrected chi connectivity index (χ4v) is 2.50. The van der Waals surface area contributed by atoms with Crippen molar-refractivity contribution in [1.82, 2.24) is 15.4 Å². The molecule has 0 aliphatic rings. The summed E-state index contributed by atoms with van der Waals surface area (Å²) in [5, 5.41) is 4.52. The third-order valence-electron chi connectivity index (χ3n) is 3.01. The smallest absolute Gasteiger partial charge is 0.250 e. The summed E-state index contributed by atoms with van der Waals surface area (Å²) in [6.07, 6.45) is 5.75. The lowest BCUT2D eigenvalue weighted by molar-refractivity contribution is -0.118. The van der Waals surface area contributed by atoms with E-state index in [0.29, 0.717) is 29.9 Å². The number of rotatable bonds is 10. The van der Waals surface area contributed by atoms with Gasteiger partial charge < -0.3 is 9.47 Å². The maximum atomic E-state index is 11.8. The Morgan fingerprint density at radius 1 is 1.23 bits per heavy atom. The molecule has 0 radical (unpaired) electrons. The van der Waals surface area contributed by atoms with Crippen LogP contribution in [0.15, 0.2) is 46.9 Å². The number of hydrogen-bond acceptors (Lipinski definition) is 7. The Kier molecular flexibility index (Phi) is 8.41. The average molecular weight is 374 g/mol. The van der Waals surface area contributed by atoms with E-state index in [4.69, 9.17) is 9.47 Å². The molecule has 0 aliphatic carbocycles. The normalized spacial score (nSPS) is 10.7. The van der Waals surface area contributed by atoms with E-state index >= 15 is 0 Å². The quantitative estimate of drug-likeness (QED) is 0.298. The number of nitrogens with one attached hydrogen (secondary N) is 1. The second-order valence-corrected chi connectivity index (χ2v) is 6.04. The van der Waals surface area contributed by atoms with Gasteiger partial charge in [-0.15, -0.1) is 0 Å². The monoisotopic (exact) mass is 374 g/mol. The van der Waals surface area contributed by atoms with Crippen LogP contribution in [0, 0.1) is 0 Å². The highest BCUT2D eigenvalue weighted by atomic mass is 32.2. The van der Waals surface area contributed by atoms with Gasteiger partial charge in [0, 0.05) is 12.4 Å². The van der Waals surface area contributed by atoms with E-state index in [-0.39, 0.29) is 11.7 Å². The van der Waals surface area contributed by atoms with Crippen LogP contribution in [0.4, 0.5) is 0 Å². The highest BCUT2D eigenvalue weighted by Gasteiger charge is 2.06. The minimum atomic E-state index is -0.230. The largest absolute Gasteiger partial charge is 0.490 e. The van der Waals surface area contributed by atoms with Crippen LogP contribution < -0.4 is 14.9 Å². The van der Waals surface area contributed by atoms with Gasteiger partial charge in [-0.2, -0.15) is 5.10 Å². The maximum absolute atomic E-state index is 11.8. The molecule has 8 heteroatoms. The van der Waals surface area contributed by atoms with Crippen molar-refractivity contribution in [3.63, 3.8) is 0 Å². The fraction of sp³-hybridized carbons (Fsp3) is 0.333. The number of hydrogen-bond donors (Lipinski definition) is 1. The molecule has 0 atom stereocenters. The van der Waals surface area contributed by atoms with E-state index in [1.54, 1.807) is 24.7 Å². The predicted molar refractivity (Wildman–Crippen MR) is 102 cm³/mol. The molecular formula is C18H22N4O3S. The molecule has 2 rings (SSSR count). The summed E-state index contributed by atoms with van der Waals surface area (Å²) in [6, 6.07) is 7.25. The van der Waals surface area contributed by atoms with Crippen molar-refractivity contribution in [2.45, 2.75) is 25.4 Å². The first-order valence-corrected chi connectivity index (χ1v) is 9.32. The lowest BCUT2D eigenvalue weighted by Crippen LogP contribution is -2.19. The van der Waals surface area contributed by atoms with Crippen molar-refractivity contribution in [2.75, 3.05) is 19.0 Å². The van der Waals surface area contributed by atoms with Crippen molar-refractivity contribution in [1.29, 1.82) is 0 Å². The van der Waals surface area contributed by atoms with Gasteiger partial charge in [-0.3, -0.25) is 4.79 Å². The molecule has 0 saturated heterocycles. The van der Waals surface area contributed by atoms with Crippen molar-refractivity contribution < 1.29 is 14.3 Å². The number of aromatic nitrogens is 2. The number of nitrogens with zero attached hydrogens (tertiary/aromatic N) is 3. The molecule has 7 nitrogen and oxygen atoms in total. The van der Waals surface area contributed by atoms with Crippen LogP contribution in [-0.2, 0) is 4.79 Å². The molecule has 1 heterocycles. The molecule has 0 bridgehead atoms. The van der Waals surface area contributed by atoms with Crippen LogP contribution in [0.3, 0.4) is 0 Å². The summed E-state index contributed by atoms with van der Waals surface area (Å²) in [4.78, 5) is 19.9. The first-order chi connectivity index (χ1) is 12.7. The van der Waals surface area contributed by atoms with Crippen LogP contribution >= 0.6 is 11.8 Å². The summed E-state index contributed by atoms with van der Waals surface area (Å²) >= 11 is 1.25. The van der Waals surface area contributed by atoms with E-state index in [1.807, 2.05) is 32.0 Å². The molecule has 0 unspecified atom stereocenters. The van der Waals surface area contributed by atoms with Gasteiger partial charge in [0.1, 0.15) is 0 Å². The molecule has 0 spiro atoms. The van der Waals surface area contributed by atoms with Crippen LogP contribution in [0.1, 0.15) is 25.8 Å². The SMILES string of the molecule is CCCOc1ccc(/C=N\NC(=O)CSc2ncccn2)cc1OCC. The molecule has 1 N–H and O–H groups in total. The Balaban J connectivity index is 1.88. The molecular weight excluding hydrogens is 352 g/mol. The Labute approximate surface area is 157 Å². The van der Waals surface area contributed by atoms with Crippen molar-refractivity contribution in [3.05, 3.63) is 42.2 Å². The van der Waals surface area contributed by atoms with Gasteiger partial charge in [-0.05, 0) is 43.2 Å². The van der Waals surface area contributed by atoms with Crippen molar-refractivity contribution in [3.8, 4) is 11.5 Å². The van der Waals surface area contributed by atoms with Gasteiger partial charge in [0.2, 0.25) is 0 Å². The summed E-state index contributed by atoms with van der Waals surface area (Å²) in [6.45, 7) is 5.13. The van der Waals surface area contributed by atoms with E-state index in [1.165, 1.54) is 11.8 Å². The van der Waals surface area contributed by atoms with E-state index in [2.05, 4.69) is 20.5 Å². The van der Waals surface area contributed by atoms with Gasteiger partial charge in [0.25, 0.3) is 5.91 Å².